The molecule has 2 bridgehead atoms. The number of benzene rings is 1. The number of tetrazole rings is 1. The molecule has 2 fully saturated rings. The van der Waals surface area contributed by atoms with Crippen LogP contribution >= 0.6 is 0 Å². The molecule has 1 aromatic heterocycles. The van der Waals surface area contributed by atoms with E-state index in [2.05, 4.69) is 27.4 Å². The largest absolute Gasteiger partial charge is 0.379 e. The van der Waals surface area contributed by atoms with Gasteiger partial charge in [0.05, 0.1) is 26.3 Å². The molecule has 8 nitrogen and oxygen atoms in total. The monoisotopic (exact) mass is 342 g/mol. The Kier molecular flexibility index (Phi) is 4.22. The number of fused-ring (bicyclic) bond motifs is 3. The summed E-state index contributed by atoms with van der Waals surface area (Å²) in [6.45, 7) is 3.90. The molecule has 132 valence electrons. The van der Waals surface area contributed by atoms with Gasteiger partial charge >= 0.3 is 0 Å². The smallest absolute Gasteiger partial charge is 0.254 e. The predicted molar refractivity (Wildman–Crippen MR) is 90.9 cm³/mol. The Bertz CT molecular complexity index is 759. The molecular formula is C17H22N6O2. The van der Waals surface area contributed by atoms with Crippen LogP contribution in [0.3, 0.4) is 0 Å². The number of carbonyl (C=O) groups is 1. The second kappa shape index (κ2) is 6.53. The van der Waals surface area contributed by atoms with E-state index in [1.807, 2.05) is 29.2 Å². The molecule has 8 heteroatoms. The quantitative estimate of drug-likeness (QED) is 0.780. The molecule has 0 aliphatic carbocycles. The van der Waals surface area contributed by atoms with Crippen molar-refractivity contribution in [2.75, 3.05) is 39.9 Å². The summed E-state index contributed by atoms with van der Waals surface area (Å²) in [5.41, 5.74) is 1.53. The van der Waals surface area contributed by atoms with Crippen LogP contribution in [-0.4, -0.2) is 81.9 Å². The van der Waals surface area contributed by atoms with E-state index < -0.39 is 0 Å². The minimum atomic E-state index is 0.0643. The van der Waals surface area contributed by atoms with E-state index in [-0.39, 0.29) is 11.9 Å². The summed E-state index contributed by atoms with van der Waals surface area (Å²) in [5, 5.41) is 12.0. The van der Waals surface area contributed by atoms with Gasteiger partial charge in [-0.05, 0) is 24.4 Å². The van der Waals surface area contributed by atoms with Crippen LogP contribution in [0.2, 0.25) is 0 Å². The van der Waals surface area contributed by atoms with Crippen LogP contribution in [-0.2, 0) is 11.8 Å². The zero-order chi connectivity index (χ0) is 17.4. The summed E-state index contributed by atoms with van der Waals surface area (Å²) in [5.74, 6) is 0.987. The van der Waals surface area contributed by atoms with Crippen molar-refractivity contribution < 1.29 is 9.53 Å². The number of nitrogens with zero attached hydrogens (tertiary/aromatic N) is 6. The molecule has 4 rings (SSSR count). The zero-order valence-corrected chi connectivity index (χ0v) is 14.5. The molecular weight excluding hydrogens is 320 g/mol. The van der Waals surface area contributed by atoms with Crippen LogP contribution in [0, 0.1) is 5.92 Å². The third-order valence-corrected chi connectivity index (χ3v) is 4.81. The molecule has 2 aliphatic heterocycles. The van der Waals surface area contributed by atoms with E-state index in [9.17, 15) is 4.79 Å². The first-order valence-electron chi connectivity index (χ1n) is 8.52. The van der Waals surface area contributed by atoms with Gasteiger partial charge in [0.2, 0.25) is 5.82 Å². The highest BCUT2D eigenvalue weighted by atomic mass is 16.5. The lowest BCUT2D eigenvalue weighted by atomic mass is 10.1. The van der Waals surface area contributed by atoms with E-state index in [4.69, 9.17) is 4.74 Å². The van der Waals surface area contributed by atoms with Crippen LogP contribution in [0.25, 0.3) is 11.4 Å². The molecule has 2 saturated heterocycles. The van der Waals surface area contributed by atoms with Gasteiger partial charge < -0.3 is 14.5 Å². The van der Waals surface area contributed by atoms with Crippen LogP contribution in [0.1, 0.15) is 10.4 Å². The molecule has 0 radical (unpaired) electrons. The number of ether oxygens (including phenoxy) is 1. The van der Waals surface area contributed by atoms with Crippen LogP contribution < -0.4 is 0 Å². The fourth-order valence-electron chi connectivity index (χ4n) is 3.65. The normalized spacial score (nSPS) is 24.2. The lowest BCUT2D eigenvalue weighted by Gasteiger charge is -2.29. The first-order chi connectivity index (χ1) is 12.1. The second-order valence-electron chi connectivity index (χ2n) is 6.92. The summed E-state index contributed by atoms with van der Waals surface area (Å²) in [4.78, 5) is 18.8. The van der Waals surface area contributed by atoms with Crippen molar-refractivity contribution in [3.8, 4) is 11.4 Å². The molecule has 2 aliphatic rings. The lowest BCUT2D eigenvalue weighted by Crippen LogP contribution is -2.45. The Labute approximate surface area is 146 Å². The Morgan fingerprint density at radius 1 is 1.12 bits per heavy atom. The molecule has 3 heterocycles. The highest BCUT2D eigenvalue weighted by Gasteiger charge is 2.35. The first kappa shape index (κ1) is 16.2. The lowest BCUT2D eigenvalue weighted by molar-refractivity contribution is 0.0483. The highest BCUT2D eigenvalue weighted by molar-refractivity contribution is 5.95. The highest BCUT2D eigenvalue weighted by Crippen LogP contribution is 2.22. The van der Waals surface area contributed by atoms with Gasteiger partial charge in [0.1, 0.15) is 0 Å². The van der Waals surface area contributed by atoms with E-state index in [0.29, 0.717) is 23.9 Å². The summed E-state index contributed by atoms with van der Waals surface area (Å²) < 4.78 is 5.76. The number of aryl methyl sites for hydroxylation is 1. The summed E-state index contributed by atoms with van der Waals surface area (Å²) in [7, 11) is 3.84. The minimum Gasteiger partial charge on any atom is -0.379 e. The Hall–Kier alpha value is -2.32. The Balaban J connectivity index is 1.56. The molecule has 0 spiro atoms. The number of amides is 1. The number of rotatable bonds is 2. The number of likely N-dealkylation sites (N-methyl/N-ethyl adjacent to an activating group) is 1. The Morgan fingerprint density at radius 2 is 1.92 bits per heavy atom. The third-order valence-electron chi connectivity index (χ3n) is 4.81. The van der Waals surface area contributed by atoms with Crippen LogP contribution in [0.15, 0.2) is 24.3 Å². The van der Waals surface area contributed by atoms with Gasteiger partial charge in [-0.1, -0.05) is 12.1 Å². The summed E-state index contributed by atoms with van der Waals surface area (Å²) in [6.07, 6.45) is 0. The molecule has 0 unspecified atom stereocenters. The van der Waals surface area contributed by atoms with E-state index in [1.165, 1.54) is 4.80 Å². The summed E-state index contributed by atoms with van der Waals surface area (Å²) in [6, 6.07) is 7.53. The first-order valence-corrected chi connectivity index (χ1v) is 8.52. The number of aromatic nitrogens is 4. The van der Waals surface area contributed by atoms with Gasteiger partial charge in [0.15, 0.2) is 0 Å². The molecule has 1 amide bonds. The molecule has 0 saturated carbocycles. The van der Waals surface area contributed by atoms with Gasteiger partial charge in [-0.3, -0.25) is 4.79 Å². The topological polar surface area (TPSA) is 76.4 Å². The van der Waals surface area contributed by atoms with Crippen molar-refractivity contribution >= 4 is 5.91 Å². The van der Waals surface area contributed by atoms with Crippen molar-refractivity contribution in [1.29, 1.82) is 0 Å². The molecule has 25 heavy (non-hydrogen) atoms. The minimum absolute atomic E-state index is 0.0643. The van der Waals surface area contributed by atoms with Crippen molar-refractivity contribution in [1.82, 2.24) is 30.0 Å². The number of hydrogen-bond donors (Lipinski definition) is 0. The SMILES string of the molecule is CN1C[C@@H]2COC[C@H](C1)N(C(=O)c1ccc(-c3nnn(C)n3)cc1)C2. The summed E-state index contributed by atoms with van der Waals surface area (Å²) >= 11 is 0. The Morgan fingerprint density at radius 3 is 2.64 bits per heavy atom. The van der Waals surface area contributed by atoms with Crippen LogP contribution in [0.4, 0.5) is 0 Å². The van der Waals surface area contributed by atoms with Crippen molar-refractivity contribution in [2.24, 2.45) is 13.0 Å². The maximum absolute atomic E-state index is 13.1. The molecule has 2 atom stereocenters. The maximum Gasteiger partial charge on any atom is 0.254 e. The fourth-order valence-corrected chi connectivity index (χ4v) is 3.65. The van der Waals surface area contributed by atoms with Crippen molar-refractivity contribution in [2.45, 2.75) is 6.04 Å². The van der Waals surface area contributed by atoms with E-state index in [1.54, 1.807) is 7.05 Å². The second-order valence-corrected chi connectivity index (χ2v) is 6.92. The van der Waals surface area contributed by atoms with Gasteiger partial charge in [-0.15, -0.1) is 10.2 Å². The maximum atomic E-state index is 13.1. The molecule has 1 aromatic carbocycles. The van der Waals surface area contributed by atoms with Crippen LogP contribution in [0.5, 0.6) is 0 Å². The van der Waals surface area contributed by atoms with E-state index in [0.717, 1.165) is 31.8 Å². The van der Waals surface area contributed by atoms with Gasteiger partial charge in [-0.25, -0.2) is 0 Å². The predicted octanol–water partition coefficient (Wildman–Crippen LogP) is 0.280. The third kappa shape index (κ3) is 3.27. The molecule has 0 N–H and O–H groups in total. The van der Waals surface area contributed by atoms with Gasteiger partial charge in [0, 0.05) is 36.7 Å². The van der Waals surface area contributed by atoms with E-state index >= 15 is 0 Å². The van der Waals surface area contributed by atoms with Crippen molar-refractivity contribution in [3.05, 3.63) is 29.8 Å². The average Bonchev–Trinajstić information content (AvgIpc) is 2.84. The molecule has 2 aromatic rings. The van der Waals surface area contributed by atoms with Gasteiger partial charge in [0.25, 0.3) is 5.91 Å². The van der Waals surface area contributed by atoms with Gasteiger partial charge in [-0.2, -0.15) is 4.80 Å². The number of carbonyl (C=O) groups excluding carboxylic acids is 1. The fraction of sp³-hybridized carbons (Fsp3) is 0.529. The van der Waals surface area contributed by atoms with Crippen molar-refractivity contribution in [3.63, 3.8) is 0 Å². The average molecular weight is 342 g/mol. The zero-order valence-electron chi connectivity index (χ0n) is 14.5. The number of hydrogen-bond acceptors (Lipinski definition) is 6. The standard InChI is InChI=1S/C17H22N6O2/c1-21-7-12-8-23(15(9-21)11-25-10-12)17(24)14-5-3-13(4-6-14)16-18-20-22(2)19-16/h3-6,12,15H,7-11H2,1-2H3/t12-,15-/m0/s1.